The first-order chi connectivity index (χ1) is 20.3. The molecule has 2 aromatic carbocycles. The second-order valence-electron chi connectivity index (χ2n) is 11.9. The van der Waals surface area contributed by atoms with Crippen molar-refractivity contribution in [1.82, 2.24) is 15.1 Å². The minimum atomic E-state index is -5.07. The van der Waals surface area contributed by atoms with Crippen LogP contribution in [0, 0.1) is 18.7 Å². The molecule has 1 fully saturated rings. The van der Waals surface area contributed by atoms with Gasteiger partial charge in [0.25, 0.3) is 0 Å². The highest BCUT2D eigenvalue weighted by atomic mass is 19.4. The number of nitrogens with one attached hydrogen (secondary N) is 1. The van der Waals surface area contributed by atoms with E-state index in [4.69, 9.17) is 0 Å². The Balaban J connectivity index is 1.81. The number of halogens is 7. The summed E-state index contributed by atoms with van der Waals surface area (Å²) in [5.41, 5.74) is -2.31. The van der Waals surface area contributed by atoms with Gasteiger partial charge in [-0.25, -0.2) is 4.39 Å². The summed E-state index contributed by atoms with van der Waals surface area (Å²) in [6, 6.07) is 5.34. The SMILES string of the molecule is CC(=O)N1CCCC(C2=CC(c3ccc(F)cc3C)=C(N(C)C(=O)C(C)(C)c3cc(C(F)(F)F)cc(C(F)(F)F)c3)CN2)C1. The van der Waals surface area contributed by atoms with Crippen molar-refractivity contribution in [3.63, 3.8) is 0 Å². The van der Waals surface area contributed by atoms with Crippen LogP contribution in [0.25, 0.3) is 5.57 Å². The lowest BCUT2D eigenvalue weighted by Crippen LogP contribution is -2.45. The van der Waals surface area contributed by atoms with Crippen molar-refractivity contribution < 1.29 is 40.3 Å². The van der Waals surface area contributed by atoms with Gasteiger partial charge >= 0.3 is 12.4 Å². The van der Waals surface area contributed by atoms with E-state index in [0.29, 0.717) is 47.6 Å². The number of amides is 2. The average molecular weight is 626 g/mol. The maximum absolute atomic E-state index is 14.1. The van der Waals surface area contributed by atoms with Crippen LogP contribution in [-0.2, 0) is 27.4 Å². The summed E-state index contributed by atoms with van der Waals surface area (Å²) in [7, 11) is 1.41. The first-order valence-corrected chi connectivity index (χ1v) is 14.1. The lowest BCUT2D eigenvalue weighted by Gasteiger charge is -2.38. The van der Waals surface area contributed by atoms with Gasteiger partial charge in [0.05, 0.1) is 23.1 Å². The zero-order valence-corrected chi connectivity index (χ0v) is 25.0. The minimum absolute atomic E-state index is 0.0294. The van der Waals surface area contributed by atoms with Crippen LogP contribution in [0.1, 0.15) is 61.4 Å². The van der Waals surface area contributed by atoms with Crippen LogP contribution < -0.4 is 5.32 Å². The number of likely N-dealkylation sites (tertiary alicyclic amines) is 1. The Hall–Kier alpha value is -3.83. The Morgan fingerprint density at radius 2 is 1.55 bits per heavy atom. The number of carbonyl (C=O) groups is 2. The molecule has 0 saturated carbocycles. The number of carbonyl (C=O) groups excluding carboxylic acids is 2. The van der Waals surface area contributed by atoms with Crippen molar-refractivity contribution in [2.75, 3.05) is 26.7 Å². The quantitative estimate of drug-likeness (QED) is 0.362. The van der Waals surface area contributed by atoms with Crippen LogP contribution in [0.4, 0.5) is 30.7 Å². The summed E-state index contributed by atoms with van der Waals surface area (Å²) in [5.74, 6) is -1.29. The molecule has 2 aliphatic heterocycles. The molecular formula is C32H34F7N3O2. The van der Waals surface area contributed by atoms with Crippen LogP contribution >= 0.6 is 0 Å². The van der Waals surface area contributed by atoms with Gasteiger partial charge in [-0.15, -0.1) is 0 Å². The molecule has 1 atom stereocenters. The van der Waals surface area contributed by atoms with E-state index in [1.165, 1.54) is 44.9 Å². The molecule has 44 heavy (non-hydrogen) atoms. The summed E-state index contributed by atoms with van der Waals surface area (Å²) >= 11 is 0. The second kappa shape index (κ2) is 11.9. The van der Waals surface area contributed by atoms with Crippen LogP contribution in [0.5, 0.6) is 0 Å². The number of rotatable bonds is 5. The maximum Gasteiger partial charge on any atom is 0.416 e. The van der Waals surface area contributed by atoms with E-state index < -0.39 is 46.2 Å². The third-order valence-electron chi connectivity index (χ3n) is 8.41. The molecule has 1 N–H and O–H groups in total. The number of aryl methyl sites for hydroxylation is 1. The van der Waals surface area contributed by atoms with Gasteiger partial charge in [-0.05, 0) is 86.7 Å². The van der Waals surface area contributed by atoms with E-state index in [0.717, 1.165) is 18.5 Å². The van der Waals surface area contributed by atoms with Crippen molar-refractivity contribution in [2.45, 2.75) is 58.3 Å². The second-order valence-corrected chi connectivity index (χ2v) is 11.9. The fraction of sp³-hybridized carbons (Fsp3) is 0.438. The molecule has 12 heteroatoms. The van der Waals surface area contributed by atoms with E-state index in [9.17, 15) is 40.3 Å². The van der Waals surface area contributed by atoms with Crippen LogP contribution in [0.3, 0.4) is 0 Å². The number of nitrogens with zero attached hydrogens (tertiary/aromatic N) is 2. The largest absolute Gasteiger partial charge is 0.416 e. The zero-order valence-electron chi connectivity index (χ0n) is 25.0. The Morgan fingerprint density at radius 3 is 2.09 bits per heavy atom. The molecule has 2 heterocycles. The van der Waals surface area contributed by atoms with Gasteiger partial charge in [-0.1, -0.05) is 6.07 Å². The summed E-state index contributed by atoms with van der Waals surface area (Å²) < 4.78 is 95.7. The van der Waals surface area contributed by atoms with Gasteiger partial charge in [0.1, 0.15) is 5.82 Å². The fourth-order valence-corrected chi connectivity index (χ4v) is 5.79. The van der Waals surface area contributed by atoms with Crippen LogP contribution in [-0.4, -0.2) is 48.3 Å². The normalized spacial score (nSPS) is 18.1. The number of allylic oxidation sites excluding steroid dienone is 2. The Labute approximate surface area is 251 Å². The molecule has 2 amide bonds. The van der Waals surface area contributed by atoms with Crippen molar-refractivity contribution in [2.24, 2.45) is 5.92 Å². The molecule has 0 radical (unpaired) electrons. The molecule has 2 aromatic rings. The molecular weight excluding hydrogens is 591 g/mol. The molecule has 5 nitrogen and oxygen atoms in total. The Bertz CT molecular complexity index is 1490. The highest BCUT2D eigenvalue weighted by Crippen LogP contribution is 2.40. The van der Waals surface area contributed by atoms with E-state index in [1.54, 1.807) is 17.9 Å². The molecule has 0 aliphatic carbocycles. The zero-order chi connectivity index (χ0) is 32.8. The first kappa shape index (κ1) is 33.1. The number of alkyl halides is 6. The number of likely N-dealkylation sites (N-methyl/N-ethyl adjacent to an activating group) is 1. The molecule has 0 bridgehead atoms. The topological polar surface area (TPSA) is 52.7 Å². The molecule has 1 saturated heterocycles. The fourth-order valence-electron chi connectivity index (χ4n) is 5.79. The maximum atomic E-state index is 14.1. The number of hydrogen-bond acceptors (Lipinski definition) is 3. The van der Waals surface area contributed by atoms with Gasteiger partial charge < -0.3 is 15.1 Å². The summed E-state index contributed by atoms with van der Waals surface area (Å²) in [4.78, 5) is 29.0. The lowest BCUT2D eigenvalue weighted by atomic mass is 9.81. The van der Waals surface area contributed by atoms with Crippen molar-refractivity contribution in [3.05, 3.63) is 87.5 Å². The Morgan fingerprint density at radius 1 is 0.955 bits per heavy atom. The molecule has 4 rings (SSSR count). The Kier molecular flexibility index (Phi) is 8.97. The van der Waals surface area contributed by atoms with Gasteiger partial charge in [0.2, 0.25) is 11.8 Å². The summed E-state index contributed by atoms with van der Waals surface area (Å²) in [6.45, 7) is 6.98. The monoisotopic (exact) mass is 625 g/mol. The van der Waals surface area contributed by atoms with E-state index in [2.05, 4.69) is 5.32 Å². The molecule has 1 unspecified atom stereocenters. The molecule has 0 aromatic heterocycles. The predicted octanol–water partition coefficient (Wildman–Crippen LogP) is 7.06. The van der Waals surface area contributed by atoms with Crippen molar-refractivity contribution >= 4 is 17.4 Å². The number of benzene rings is 2. The highest BCUT2D eigenvalue weighted by molar-refractivity contribution is 5.92. The first-order valence-electron chi connectivity index (χ1n) is 14.1. The van der Waals surface area contributed by atoms with E-state index in [-0.39, 0.29) is 24.4 Å². The smallest absolute Gasteiger partial charge is 0.382 e. The van der Waals surface area contributed by atoms with Crippen molar-refractivity contribution in [1.29, 1.82) is 0 Å². The van der Waals surface area contributed by atoms with Gasteiger partial charge in [0, 0.05) is 49.9 Å². The number of dihydropyridines is 1. The average Bonchev–Trinajstić information content (AvgIpc) is 2.95. The van der Waals surface area contributed by atoms with Crippen molar-refractivity contribution in [3.8, 4) is 0 Å². The standard InChI is InChI=1S/C32H34F7N3O2/c1-18-11-24(33)8-9-25(18)26-15-27(20-7-6-10-42(17-20)19(2)43)40-16-28(26)41(5)29(44)30(3,4)21-12-22(31(34,35)36)14-23(13-21)32(37,38)39/h8-9,11-15,20,40H,6-7,10,16-17H2,1-5H3. The number of hydrogen-bond donors (Lipinski definition) is 1. The summed E-state index contributed by atoms with van der Waals surface area (Å²) in [6.07, 6.45) is -6.72. The third kappa shape index (κ3) is 6.78. The molecule has 0 spiro atoms. The minimum Gasteiger partial charge on any atom is -0.382 e. The van der Waals surface area contributed by atoms with Crippen LogP contribution in [0.2, 0.25) is 0 Å². The van der Waals surface area contributed by atoms with Gasteiger partial charge in [-0.3, -0.25) is 9.59 Å². The number of piperidine rings is 1. The molecule has 238 valence electrons. The third-order valence-corrected chi connectivity index (χ3v) is 8.41. The predicted molar refractivity (Wildman–Crippen MR) is 151 cm³/mol. The van der Waals surface area contributed by atoms with Crippen LogP contribution in [0.15, 0.2) is 53.9 Å². The lowest BCUT2D eigenvalue weighted by molar-refractivity contribution is -0.143. The van der Waals surface area contributed by atoms with E-state index >= 15 is 0 Å². The van der Waals surface area contributed by atoms with Gasteiger partial charge in [-0.2, -0.15) is 26.3 Å². The van der Waals surface area contributed by atoms with Gasteiger partial charge in [0.15, 0.2) is 0 Å². The highest BCUT2D eigenvalue weighted by Gasteiger charge is 2.42. The molecule has 2 aliphatic rings. The van der Waals surface area contributed by atoms with E-state index in [1.807, 2.05) is 6.08 Å². The summed E-state index contributed by atoms with van der Waals surface area (Å²) in [5, 5.41) is 3.31.